The molecule has 4 aromatic rings. The fraction of sp³-hybridized carbons (Fsp3) is 0.192. The maximum atomic E-state index is 13.1. The predicted molar refractivity (Wildman–Crippen MR) is 128 cm³/mol. The molecule has 0 aliphatic carbocycles. The molecule has 0 radical (unpaired) electrons. The van der Waals surface area contributed by atoms with Gasteiger partial charge < -0.3 is 4.90 Å². The van der Waals surface area contributed by atoms with Gasteiger partial charge in [-0.3, -0.25) is 9.88 Å². The zero-order chi connectivity index (χ0) is 22.8. The Morgan fingerprint density at radius 2 is 1.55 bits per heavy atom. The first-order valence-electron chi connectivity index (χ1n) is 10.9. The highest BCUT2D eigenvalue weighted by Gasteiger charge is 2.22. The lowest BCUT2D eigenvalue weighted by Gasteiger charge is -2.36. The second-order valence-electron chi connectivity index (χ2n) is 8.23. The first-order chi connectivity index (χ1) is 16.0. The molecule has 5 rings (SSSR count). The monoisotopic (exact) mass is 461 g/mol. The molecule has 1 saturated heterocycles. The number of rotatable bonds is 5. The third-order valence-corrected chi connectivity index (χ3v) is 7.80. The Morgan fingerprint density at radius 1 is 0.818 bits per heavy atom. The number of para-hydroxylation sites is 1. The lowest BCUT2D eigenvalue weighted by atomic mass is 10.1. The first-order valence-corrected chi connectivity index (χ1v) is 12.4. The molecule has 7 heteroatoms. The highest BCUT2D eigenvalue weighted by atomic mass is 32.2. The first kappa shape index (κ1) is 21.6. The van der Waals surface area contributed by atoms with E-state index in [2.05, 4.69) is 14.8 Å². The molecule has 1 aliphatic rings. The quantitative estimate of drug-likeness (QED) is 0.437. The van der Waals surface area contributed by atoms with Gasteiger partial charge in [-0.05, 0) is 42.0 Å². The van der Waals surface area contributed by atoms with Gasteiger partial charge in [-0.25, -0.2) is 12.8 Å². The number of piperazine rings is 1. The van der Waals surface area contributed by atoms with Crippen molar-refractivity contribution < 1.29 is 12.8 Å². The molecule has 3 aromatic carbocycles. The van der Waals surface area contributed by atoms with E-state index in [4.69, 9.17) is 0 Å². The van der Waals surface area contributed by atoms with E-state index in [1.807, 2.05) is 30.3 Å². The van der Waals surface area contributed by atoms with Crippen LogP contribution in [0.2, 0.25) is 0 Å². The molecule has 1 aliphatic heterocycles. The lowest BCUT2D eigenvalue weighted by molar-refractivity contribution is 0.250. The van der Waals surface area contributed by atoms with Gasteiger partial charge in [0, 0.05) is 44.3 Å². The Bertz CT molecular complexity index is 1370. The van der Waals surface area contributed by atoms with Gasteiger partial charge >= 0.3 is 0 Å². The average molecular weight is 462 g/mol. The van der Waals surface area contributed by atoms with Crippen molar-refractivity contribution in [3.8, 4) is 0 Å². The molecule has 5 nitrogen and oxygen atoms in total. The molecule has 1 aromatic heterocycles. The van der Waals surface area contributed by atoms with Crippen LogP contribution in [0.3, 0.4) is 0 Å². The third-order valence-electron chi connectivity index (χ3n) is 6.06. The summed E-state index contributed by atoms with van der Waals surface area (Å²) < 4.78 is 39.1. The number of pyridine rings is 1. The summed E-state index contributed by atoms with van der Waals surface area (Å²) in [5.41, 5.74) is 2.91. The van der Waals surface area contributed by atoms with E-state index < -0.39 is 9.84 Å². The molecule has 0 unspecified atom stereocenters. The number of benzene rings is 3. The molecule has 0 spiro atoms. The molecule has 0 bridgehead atoms. The van der Waals surface area contributed by atoms with Crippen molar-refractivity contribution in [1.29, 1.82) is 0 Å². The number of sulfone groups is 1. The highest BCUT2D eigenvalue weighted by Crippen LogP contribution is 2.29. The Morgan fingerprint density at radius 3 is 2.27 bits per heavy atom. The molecular weight excluding hydrogens is 437 g/mol. The fourth-order valence-electron chi connectivity index (χ4n) is 4.26. The summed E-state index contributed by atoms with van der Waals surface area (Å²) in [4.78, 5) is 9.68. The summed E-state index contributed by atoms with van der Waals surface area (Å²) in [5.74, 6) is -0.216. The van der Waals surface area contributed by atoms with Crippen molar-refractivity contribution in [2.45, 2.75) is 16.3 Å². The van der Waals surface area contributed by atoms with Crippen LogP contribution in [0, 0.1) is 5.82 Å². The number of hydrogen-bond acceptors (Lipinski definition) is 5. The van der Waals surface area contributed by atoms with Crippen molar-refractivity contribution in [3.05, 3.63) is 96.4 Å². The van der Waals surface area contributed by atoms with Crippen molar-refractivity contribution in [1.82, 2.24) is 9.88 Å². The molecule has 33 heavy (non-hydrogen) atoms. The predicted octanol–water partition coefficient (Wildman–Crippen LogP) is 4.53. The topological polar surface area (TPSA) is 53.5 Å². The van der Waals surface area contributed by atoms with Crippen molar-refractivity contribution in [2.75, 3.05) is 31.1 Å². The maximum Gasteiger partial charge on any atom is 0.208 e. The van der Waals surface area contributed by atoms with Crippen LogP contribution in [0.1, 0.15) is 5.56 Å². The molecule has 0 saturated carbocycles. The Balaban J connectivity index is 1.35. The number of aromatic nitrogens is 1. The van der Waals surface area contributed by atoms with Crippen LogP contribution in [0.5, 0.6) is 0 Å². The molecule has 0 atom stereocenters. The van der Waals surface area contributed by atoms with Crippen LogP contribution in [-0.4, -0.2) is 44.5 Å². The normalized spacial score (nSPS) is 15.1. The summed E-state index contributed by atoms with van der Waals surface area (Å²) in [7, 11) is -3.61. The summed E-state index contributed by atoms with van der Waals surface area (Å²) in [6, 6.07) is 22.7. The minimum absolute atomic E-state index is 0.197. The number of nitrogens with zero attached hydrogens (tertiary/aromatic N) is 3. The van der Waals surface area contributed by atoms with Crippen LogP contribution in [0.25, 0.3) is 10.9 Å². The van der Waals surface area contributed by atoms with Gasteiger partial charge in [0.2, 0.25) is 9.84 Å². The van der Waals surface area contributed by atoms with Crippen LogP contribution in [0.15, 0.2) is 94.9 Å². The van der Waals surface area contributed by atoms with Crippen LogP contribution >= 0.6 is 0 Å². The Labute approximate surface area is 193 Å². The summed E-state index contributed by atoms with van der Waals surface area (Å²) in [6.45, 7) is 4.24. The average Bonchev–Trinajstić information content (AvgIpc) is 2.86. The van der Waals surface area contributed by atoms with Gasteiger partial charge in [0.25, 0.3) is 0 Å². The van der Waals surface area contributed by atoms with Gasteiger partial charge in [-0.1, -0.05) is 42.5 Å². The molecule has 1 fully saturated rings. The number of fused-ring (bicyclic) bond motifs is 1. The molecule has 2 heterocycles. The van der Waals surface area contributed by atoms with Crippen LogP contribution in [0.4, 0.5) is 10.1 Å². The van der Waals surface area contributed by atoms with E-state index in [-0.39, 0.29) is 15.6 Å². The van der Waals surface area contributed by atoms with Gasteiger partial charge in [0.1, 0.15) is 5.82 Å². The van der Waals surface area contributed by atoms with Crippen molar-refractivity contribution in [2.24, 2.45) is 0 Å². The van der Waals surface area contributed by atoms with E-state index in [1.54, 1.807) is 36.4 Å². The zero-order valence-electron chi connectivity index (χ0n) is 18.1. The minimum atomic E-state index is -3.61. The fourth-order valence-corrected chi connectivity index (χ4v) is 5.52. The maximum absolute atomic E-state index is 13.1. The van der Waals surface area contributed by atoms with E-state index in [0.717, 1.165) is 54.9 Å². The SMILES string of the molecule is O=S(=O)(c1ccccc1)c1cnc2c(N3CCN(Cc4ccc(F)cc4)CC3)cccc2c1. The van der Waals surface area contributed by atoms with E-state index in [9.17, 15) is 12.8 Å². The van der Waals surface area contributed by atoms with Gasteiger partial charge in [-0.2, -0.15) is 0 Å². The summed E-state index contributed by atoms with van der Waals surface area (Å²) in [6.07, 6.45) is 1.46. The largest absolute Gasteiger partial charge is 0.367 e. The minimum Gasteiger partial charge on any atom is -0.367 e. The number of halogens is 1. The van der Waals surface area contributed by atoms with E-state index >= 15 is 0 Å². The Kier molecular flexibility index (Phi) is 5.83. The molecular formula is C26H24FN3O2S. The highest BCUT2D eigenvalue weighted by molar-refractivity contribution is 7.91. The van der Waals surface area contributed by atoms with Gasteiger partial charge in [0.05, 0.1) is 21.0 Å². The van der Waals surface area contributed by atoms with Crippen molar-refractivity contribution >= 4 is 26.4 Å². The van der Waals surface area contributed by atoms with Gasteiger partial charge in [-0.15, -0.1) is 0 Å². The second-order valence-corrected chi connectivity index (χ2v) is 10.2. The van der Waals surface area contributed by atoms with Crippen LogP contribution in [-0.2, 0) is 16.4 Å². The van der Waals surface area contributed by atoms with Gasteiger partial charge in [0.15, 0.2) is 0 Å². The van der Waals surface area contributed by atoms with Crippen LogP contribution < -0.4 is 4.90 Å². The summed E-state index contributed by atoms with van der Waals surface area (Å²) in [5, 5.41) is 0.804. The smallest absolute Gasteiger partial charge is 0.208 e. The summed E-state index contributed by atoms with van der Waals surface area (Å²) >= 11 is 0. The third kappa shape index (κ3) is 4.47. The second kappa shape index (κ2) is 8.92. The number of anilines is 1. The Hall–Kier alpha value is -3.29. The zero-order valence-corrected chi connectivity index (χ0v) is 18.9. The molecule has 0 N–H and O–H groups in total. The van der Waals surface area contributed by atoms with E-state index in [1.165, 1.54) is 18.3 Å². The number of hydrogen-bond donors (Lipinski definition) is 0. The van der Waals surface area contributed by atoms with E-state index in [0.29, 0.717) is 0 Å². The molecule has 0 amide bonds. The molecule has 168 valence electrons. The standard InChI is InChI=1S/C26H24FN3O2S/c27-22-11-9-20(10-12-22)19-29-13-15-30(16-14-29)25-8-4-5-21-17-24(18-28-26(21)25)33(31,32)23-6-2-1-3-7-23/h1-12,17-18H,13-16,19H2. The van der Waals surface area contributed by atoms with Crippen molar-refractivity contribution in [3.63, 3.8) is 0 Å². The lowest BCUT2D eigenvalue weighted by Crippen LogP contribution is -2.46.